The van der Waals surface area contributed by atoms with Gasteiger partial charge in [-0.15, -0.1) is 0 Å². The van der Waals surface area contributed by atoms with E-state index in [1.54, 1.807) is 49.0 Å². The second-order valence-electron chi connectivity index (χ2n) is 8.36. The predicted octanol–water partition coefficient (Wildman–Crippen LogP) is 2.39. The highest BCUT2D eigenvalue weighted by Gasteiger charge is 2.19. The van der Waals surface area contributed by atoms with E-state index in [4.69, 9.17) is 17.3 Å². The van der Waals surface area contributed by atoms with Gasteiger partial charge in [0.1, 0.15) is 0 Å². The van der Waals surface area contributed by atoms with Crippen LogP contribution in [0.1, 0.15) is 11.3 Å². The molecule has 4 N–H and O–H groups in total. The van der Waals surface area contributed by atoms with Crippen molar-refractivity contribution in [1.29, 1.82) is 0 Å². The summed E-state index contributed by atoms with van der Waals surface area (Å²) >= 11 is 6.27. The largest absolute Gasteiger partial charge is 0.369 e. The number of fused-ring (bicyclic) bond motifs is 2. The number of aryl methyl sites for hydroxylation is 2. The average molecular weight is 492 g/mol. The van der Waals surface area contributed by atoms with Crippen molar-refractivity contribution in [2.75, 3.05) is 5.32 Å². The molecule has 0 unspecified atom stereocenters. The van der Waals surface area contributed by atoms with Crippen LogP contribution >= 0.6 is 11.6 Å². The van der Waals surface area contributed by atoms with Crippen LogP contribution in [0.2, 0.25) is 5.02 Å². The highest BCUT2D eigenvalue weighted by Crippen LogP contribution is 2.24. The maximum atomic E-state index is 13.4. The molecule has 0 radical (unpaired) electrons. The average Bonchev–Trinajstić information content (AvgIpc) is 3.38. The van der Waals surface area contributed by atoms with Gasteiger partial charge in [-0.2, -0.15) is 4.98 Å². The molecule has 0 aliphatic carbocycles. The van der Waals surface area contributed by atoms with E-state index < -0.39 is 17.2 Å². The summed E-state index contributed by atoms with van der Waals surface area (Å²) in [5.41, 5.74) is 7.87. The molecular formula is C24H22ClN7O3. The molecule has 10 nitrogen and oxygen atoms in total. The number of H-pyrrole nitrogens is 1. The number of aromatic nitrogens is 5. The third-order valence-electron chi connectivity index (χ3n) is 5.94. The van der Waals surface area contributed by atoms with Crippen molar-refractivity contribution in [3.63, 3.8) is 0 Å². The van der Waals surface area contributed by atoms with Crippen LogP contribution in [0.5, 0.6) is 0 Å². The van der Waals surface area contributed by atoms with E-state index in [0.29, 0.717) is 22.4 Å². The molecule has 0 aliphatic rings. The summed E-state index contributed by atoms with van der Waals surface area (Å²) in [7, 11) is 3.29. The number of hydrogen-bond acceptors (Lipinski definition) is 5. The van der Waals surface area contributed by atoms with Gasteiger partial charge in [-0.1, -0.05) is 29.8 Å². The number of carbonyl (C=O) groups is 1. The molecule has 178 valence electrons. The first-order valence-corrected chi connectivity index (χ1v) is 11.2. The number of carbonyl (C=O) groups excluding carboxylic acids is 1. The van der Waals surface area contributed by atoms with Gasteiger partial charge in [0.25, 0.3) is 5.56 Å². The smallest absolute Gasteiger partial charge is 0.332 e. The topological polar surface area (TPSA) is 133 Å². The SMILES string of the molecule is Cn1c(Nc2ccc(CC(N)=O)cc2)nc2c1c(=O)n(Cc1cc3c(Cl)cccc3[nH]1)c(=O)n2C. The molecule has 2 aromatic carbocycles. The van der Waals surface area contributed by atoms with Crippen molar-refractivity contribution in [3.05, 3.63) is 85.6 Å². The number of hydrogen-bond donors (Lipinski definition) is 3. The Balaban J connectivity index is 1.53. The second kappa shape index (κ2) is 8.48. The van der Waals surface area contributed by atoms with E-state index in [9.17, 15) is 14.4 Å². The third kappa shape index (κ3) is 3.97. The normalized spacial score (nSPS) is 11.4. The van der Waals surface area contributed by atoms with Gasteiger partial charge < -0.3 is 20.6 Å². The van der Waals surface area contributed by atoms with Crippen LogP contribution in [0.4, 0.5) is 11.6 Å². The van der Waals surface area contributed by atoms with Gasteiger partial charge in [0.15, 0.2) is 11.2 Å². The second-order valence-corrected chi connectivity index (χ2v) is 8.77. The lowest BCUT2D eigenvalue weighted by molar-refractivity contribution is -0.117. The first kappa shape index (κ1) is 22.5. The lowest BCUT2D eigenvalue weighted by Crippen LogP contribution is -2.39. The summed E-state index contributed by atoms with van der Waals surface area (Å²) in [6, 6.07) is 14.5. The number of aromatic amines is 1. The Morgan fingerprint density at radius 1 is 1.11 bits per heavy atom. The van der Waals surface area contributed by atoms with Crippen molar-refractivity contribution in [2.24, 2.45) is 19.8 Å². The van der Waals surface area contributed by atoms with Crippen LogP contribution in [0, 0.1) is 0 Å². The number of anilines is 2. The Morgan fingerprint density at radius 3 is 2.54 bits per heavy atom. The number of imidazole rings is 1. The molecule has 5 aromatic rings. The van der Waals surface area contributed by atoms with E-state index in [0.717, 1.165) is 16.5 Å². The zero-order valence-corrected chi connectivity index (χ0v) is 19.8. The standard InChI is InChI=1S/C24H22ClN7O3/c1-30-20-21(29-23(30)28-14-8-6-13(7-9-14)10-19(26)33)31(2)24(35)32(22(20)34)12-15-11-16-17(25)4-3-5-18(16)27-15/h3-9,11,27H,10,12H2,1-2H3,(H2,26,33)(H,28,29). The Hall–Kier alpha value is -4.31. The number of nitrogens with two attached hydrogens (primary N) is 1. The van der Waals surface area contributed by atoms with Gasteiger partial charge in [-0.3, -0.25) is 18.7 Å². The summed E-state index contributed by atoms with van der Waals surface area (Å²) in [6.07, 6.45) is 0.150. The lowest BCUT2D eigenvalue weighted by Gasteiger charge is -2.08. The zero-order valence-electron chi connectivity index (χ0n) is 19.0. The number of amides is 1. The number of nitrogens with zero attached hydrogens (tertiary/aromatic N) is 4. The first-order chi connectivity index (χ1) is 16.7. The number of nitrogens with one attached hydrogen (secondary N) is 2. The number of rotatable bonds is 6. The van der Waals surface area contributed by atoms with E-state index in [1.165, 1.54) is 9.13 Å². The molecule has 0 atom stereocenters. The quantitative estimate of drug-likeness (QED) is 0.335. The molecule has 1 amide bonds. The van der Waals surface area contributed by atoms with E-state index in [1.807, 2.05) is 18.2 Å². The number of benzene rings is 2. The van der Waals surface area contributed by atoms with Crippen LogP contribution in [0.25, 0.3) is 22.1 Å². The molecule has 3 aromatic heterocycles. The van der Waals surface area contributed by atoms with Gasteiger partial charge in [-0.25, -0.2) is 4.79 Å². The highest BCUT2D eigenvalue weighted by atomic mass is 35.5. The minimum absolute atomic E-state index is 0.0573. The summed E-state index contributed by atoms with van der Waals surface area (Å²) in [6.45, 7) is 0.0573. The van der Waals surface area contributed by atoms with Crippen LogP contribution in [-0.4, -0.2) is 29.6 Å². The molecule has 11 heteroatoms. The van der Waals surface area contributed by atoms with Gasteiger partial charge >= 0.3 is 5.69 Å². The molecule has 0 aliphatic heterocycles. The van der Waals surface area contributed by atoms with Crippen molar-refractivity contribution in [3.8, 4) is 0 Å². The molecule has 0 bridgehead atoms. The Morgan fingerprint density at radius 2 is 1.86 bits per heavy atom. The molecule has 3 heterocycles. The molecule has 0 fully saturated rings. The lowest BCUT2D eigenvalue weighted by atomic mass is 10.1. The molecule has 5 rings (SSSR count). The Bertz CT molecular complexity index is 1730. The summed E-state index contributed by atoms with van der Waals surface area (Å²) in [5.74, 6) is -0.0151. The first-order valence-electron chi connectivity index (χ1n) is 10.8. The fraction of sp³-hybridized carbons (Fsp3) is 0.167. The predicted molar refractivity (Wildman–Crippen MR) is 135 cm³/mol. The molecule has 0 saturated heterocycles. The fourth-order valence-corrected chi connectivity index (χ4v) is 4.39. The maximum absolute atomic E-state index is 13.4. The summed E-state index contributed by atoms with van der Waals surface area (Å²) in [4.78, 5) is 45.3. The van der Waals surface area contributed by atoms with E-state index in [-0.39, 0.29) is 24.1 Å². The highest BCUT2D eigenvalue weighted by molar-refractivity contribution is 6.35. The van der Waals surface area contributed by atoms with E-state index in [2.05, 4.69) is 15.3 Å². The van der Waals surface area contributed by atoms with Crippen molar-refractivity contribution in [1.82, 2.24) is 23.7 Å². The van der Waals surface area contributed by atoms with Crippen LogP contribution in [-0.2, 0) is 31.9 Å². The number of primary amides is 1. The van der Waals surface area contributed by atoms with Gasteiger partial charge in [0.05, 0.1) is 13.0 Å². The Kier molecular flexibility index (Phi) is 5.45. The molecular weight excluding hydrogens is 470 g/mol. The summed E-state index contributed by atoms with van der Waals surface area (Å²) < 4.78 is 4.14. The maximum Gasteiger partial charge on any atom is 0.332 e. The van der Waals surface area contributed by atoms with Crippen molar-refractivity contribution in [2.45, 2.75) is 13.0 Å². The van der Waals surface area contributed by atoms with E-state index >= 15 is 0 Å². The summed E-state index contributed by atoms with van der Waals surface area (Å²) in [5, 5.41) is 4.57. The molecule has 0 saturated carbocycles. The van der Waals surface area contributed by atoms with Gasteiger partial charge in [-0.05, 0) is 35.9 Å². The van der Waals surface area contributed by atoms with Gasteiger partial charge in [0.2, 0.25) is 11.9 Å². The Labute approximate surface area is 203 Å². The fourth-order valence-electron chi connectivity index (χ4n) is 4.16. The van der Waals surface area contributed by atoms with Crippen LogP contribution in [0.3, 0.4) is 0 Å². The minimum atomic E-state index is -0.479. The van der Waals surface area contributed by atoms with Gasteiger partial charge in [0, 0.05) is 41.4 Å². The van der Waals surface area contributed by atoms with Crippen molar-refractivity contribution < 1.29 is 4.79 Å². The minimum Gasteiger partial charge on any atom is -0.369 e. The van der Waals surface area contributed by atoms with Crippen molar-refractivity contribution >= 4 is 51.2 Å². The van der Waals surface area contributed by atoms with Crippen LogP contribution in [0.15, 0.2) is 58.1 Å². The monoisotopic (exact) mass is 491 g/mol. The zero-order chi connectivity index (χ0) is 24.9. The molecule has 0 spiro atoms. The third-order valence-corrected chi connectivity index (χ3v) is 6.27. The molecule has 35 heavy (non-hydrogen) atoms. The number of halogens is 1. The van der Waals surface area contributed by atoms with Crippen LogP contribution < -0.4 is 22.3 Å².